The molecule has 0 amide bonds. The van der Waals surface area contributed by atoms with Crippen LogP contribution in [0, 0.1) is 0 Å². The van der Waals surface area contributed by atoms with Crippen molar-refractivity contribution in [1.29, 1.82) is 0 Å². The Morgan fingerprint density at radius 3 is 1.47 bits per heavy atom. The van der Waals surface area contributed by atoms with Gasteiger partial charge in [-0.05, 0) is 48.0 Å². The molecule has 0 aromatic rings. The van der Waals surface area contributed by atoms with E-state index in [4.69, 9.17) is 27.6 Å². The Bertz CT molecular complexity index is 738. The summed E-state index contributed by atoms with van der Waals surface area (Å²) in [4.78, 5) is 24.8. The molecule has 1 heterocycles. The summed E-state index contributed by atoms with van der Waals surface area (Å²) in [6, 6.07) is -0.981. The Hall–Kier alpha value is -0.800. The zero-order valence-electron chi connectivity index (χ0n) is 22.8. The van der Waals surface area contributed by atoms with E-state index in [2.05, 4.69) is 5.32 Å². The number of esters is 2. The molecule has 1 aliphatic heterocycles. The van der Waals surface area contributed by atoms with Crippen molar-refractivity contribution in [2.75, 3.05) is 39.6 Å². The van der Waals surface area contributed by atoms with E-state index < -0.39 is 50.0 Å². The zero-order valence-corrected chi connectivity index (χ0v) is 24.6. The fraction of sp³-hybridized carbons (Fsp3) is 0.913. The molecule has 1 rings (SSSR count). The summed E-state index contributed by atoms with van der Waals surface area (Å²) in [5.74, 6) is -1.85. The molecule has 1 aliphatic rings. The van der Waals surface area contributed by atoms with Gasteiger partial charge in [-0.1, -0.05) is 26.2 Å². The smallest absolute Gasteiger partial charge is 0.350 e. The number of rotatable bonds is 18. The first-order valence-electron chi connectivity index (χ1n) is 13.0. The van der Waals surface area contributed by atoms with Crippen molar-refractivity contribution < 1.29 is 46.3 Å². The number of ether oxygens (including phenoxy) is 2. The summed E-state index contributed by atoms with van der Waals surface area (Å²) >= 11 is 0. The highest BCUT2D eigenvalue weighted by molar-refractivity contribution is 7.74. The summed E-state index contributed by atoms with van der Waals surface area (Å²) in [5.41, 5.74) is -2.11. The van der Waals surface area contributed by atoms with Crippen LogP contribution in [0.3, 0.4) is 0 Å². The minimum atomic E-state index is -4.37. The lowest BCUT2D eigenvalue weighted by atomic mass is 9.97. The van der Waals surface area contributed by atoms with Crippen molar-refractivity contribution in [3.05, 3.63) is 0 Å². The third-order valence-corrected chi connectivity index (χ3v) is 12.7. The first kappa shape index (κ1) is 33.2. The van der Waals surface area contributed by atoms with Crippen LogP contribution in [0.4, 0.5) is 0 Å². The van der Waals surface area contributed by atoms with E-state index in [0.717, 1.165) is 12.8 Å². The van der Waals surface area contributed by atoms with E-state index in [1.807, 2.05) is 6.92 Å². The van der Waals surface area contributed by atoms with Gasteiger partial charge in [0.25, 0.3) is 0 Å². The Morgan fingerprint density at radius 1 is 0.722 bits per heavy atom. The maximum absolute atomic E-state index is 14.7. The van der Waals surface area contributed by atoms with Crippen LogP contribution in [-0.2, 0) is 46.3 Å². The zero-order chi connectivity index (χ0) is 27.5. The third-order valence-electron chi connectivity index (χ3n) is 5.99. The number of carbonyl (C=O) groups is 2. The van der Waals surface area contributed by atoms with Gasteiger partial charge in [0.2, 0.25) is 5.54 Å². The van der Waals surface area contributed by atoms with Crippen molar-refractivity contribution in [2.45, 2.75) is 97.0 Å². The summed E-state index contributed by atoms with van der Waals surface area (Å²) < 4.78 is 63.0. The second-order valence-corrected chi connectivity index (χ2v) is 13.2. The highest BCUT2D eigenvalue weighted by Gasteiger charge is 2.78. The molecule has 0 radical (unpaired) electrons. The number of hydrogen-bond donors (Lipinski definition) is 1. The van der Waals surface area contributed by atoms with Gasteiger partial charge in [0.1, 0.15) is 0 Å². The number of unbranched alkanes of at least 4 members (excludes halogenated alkanes) is 2. The summed E-state index contributed by atoms with van der Waals surface area (Å²) in [6.45, 7) is 11.6. The van der Waals surface area contributed by atoms with Crippen molar-refractivity contribution in [3.8, 4) is 0 Å². The Kier molecular flexibility index (Phi) is 13.8. The molecule has 11 nitrogen and oxygen atoms in total. The Labute approximate surface area is 215 Å². The summed E-state index contributed by atoms with van der Waals surface area (Å²) in [5, 5.41) is 3.05. The van der Waals surface area contributed by atoms with Crippen LogP contribution in [0.2, 0.25) is 0 Å². The SMILES string of the molecule is CCCCCC1NC(C(=O)OCC)(C(=O)OCC)CC1(P(=O)(OCC)OCC)P(=O)(OCC)OCC. The van der Waals surface area contributed by atoms with Gasteiger partial charge in [-0.2, -0.15) is 0 Å². The normalized spacial score (nSPS) is 19.2. The molecule has 1 N–H and O–H groups in total. The summed E-state index contributed by atoms with van der Waals surface area (Å²) in [7, 11) is -8.74. The minimum absolute atomic E-state index is 0.0155. The third kappa shape index (κ3) is 6.42. The highest BCUT2D eigenvalue weighted by Crippen LogP contribution is 2.82. The fourth-order valence-electron chi connectivity index (χ4n) is 4.66. The largest absolute Gasteiger partial charge is 0.464 e. The highest BCUT2D eigenvalue weighted by atomic mass is 31.2. The average Bonchev–Trinajstić information content (AvgIpc) is 3.19. The monoisotopic (exact) mass is 557 g/mol. The van der Waals surface area contributed by atoms with Crippen LogP contribution >= 0.6 is 15.2 Å². The lowest BCUT2D eigenvalue weighted by Gasteiger charge is -2.43. The Balaban J connectivity index is 4.08. The molecule has 0 bridgehead atoms. The van der Waals surface area contributed by atoms with Crippen molar-refractivity contribution >= 4 is 27.1 Å². The molecule has 0 aliphatic carbocycles. The van der Waals surface area contributed by atoms with Gasteiger partial charge in [-0.3, -0.25) is 14.4 Å². The predicted octanol–water partition coefficient (Wildman–Crippen LogP) is 5.02. The molecule has 0 aromatic carbocycles. The van der Waals surface area contributed by atoms with E-state index in [-0.39, 0.29) is 39.6 Å². The lowest BCUT2D eigenvalue weighted by molar-refractivity contribution is -0.165. The molecule has 1 atom stereocenters. The predicted molar refractivity (Wildman–Crippen MR) is 136 cm³/mol. The van der Waals surface area contributed by atoms with Gasteiger partial charge >= 0.3 is 27.1 Å². The van der Waals surface area contributed by atoms with E-state index in [0.29, 0.717) is 12.8 Å². The first-order chi connectivity index (χ1) is 17.1. The standard InChI is InChI=1S/C23H45NO10P2/c1-8-15-16-17-19-23(35(27,31-11-4)32-12-5,36(28,33-13-6)34-14-7)18-22(24-19,20(25)29-9-2)21(26)30-10-3/h19,24H,8-18H2,1-7H3. The molecule has 212 valence electrons. The molecule has 1 fully saturated rings. The van der Waals surface area contributed by atoms with Crippen LogP contribution in [0.1, 0.15) is 80.6 Å². The van der Waals surface area contributed by atoms with E-state index in [1.165, 1.54) is 0 Å². The molecule has 1 saturated heterocycles. The maximum atomic E-state index is 14.7. The van der Waals surface area contributed by atoms with Crippen molar-refractivity contribution in [2.24, 2.45) is 0 Å². The van der Waals surface area contributed by atoms with Crippen LogP contribution < -0.4 is 5.32 Å². The van der Waals surface area contributed by atoms with Gasteiger partial charge in [0, 0.05) is 12.5 Å². The van der Waals surface area contributed by atoms with E-state index >= 15 is 0 Å². The van der Waals surface area contributed by atoms with Gasteiger partial charge in [0.15, 0.2) is 4.90 Å². The molecular weight excluding hydrogens is 512 g/mol. The quantitative estimate of drug-likeness (QED) is 0.105. The molecule has 0 aromatic heterocycles. The van der Waals surface area contributed by atoms with Gasteiger partial charge in [-0.25, -0.2) is 9.59 Å². The molecule has 0 saturated carbocycles. The Morgan fingerprint density at radius 2 is 1.14 bits per heavy atom. The first-order valence-corrected chi connectivity index (χ1v) is 16.1. The molecule has 0 spiro atoms. The second kappa shape index (κ2) is 15.0. The van der Waals surface area contributed by atoms with Gasteiger partial charge in [-0.15, -0.1) is 0 Å². The molecule has 13 heteroatoms. The lowest BCUT2D eigenvalue weighted by Crippen LogP contribution is -2.57. The number of carbonyl (C=O) groups excluding carboxylic acids is 2. The molecule has 1 unspecified atom stereocenters. The topological polar surface area (TPSA) is 136 Å². The minimum Gasteiger partial charge on any atom is -0.464 e. The van der Waals surface area contributed by atoms with Crippen molar-refractivity contribution in [1.82, 2.24) is 5.32 Å². The van der Waals surface area contributed by atoms with E-state index in [9.17, 15) is 18.7 Å². The van der Waals surface area contributed by atoms with Crippen molar-refractivity contribution in [3.63, 3.8) is 0 Å². The van der Waals surface area contributed by atoms with Gasteiger partial charge < -0.3 is 27.6 Å². The summed E-state index contributed by atoms with van der Waals surface area (Å²) in [6.07, 6.45) is 2.03. The maximum Gasteiger partial charge on any atom is 0.350 e. The van der Waals surface area contributed by atoms with Crippen LogP contribution in [0.25, 0.3) is 0 Å². The number of nitrogens with one attached hydrogen (secondary N) is 1. The number of hydrogen-bond acceptors (Lipinski definition) is 11. The van der Waals surface area contributed by atoms with E-state index in [1.54, 1.807) is 41.5 Å². The van der Waals surface area contributed by atoms with Crippen LogP contribution in [0.15, 0.2) is 0 Å². The van der Waals surface area contributed by atoms with Gasteiger partial charge in [0.05, 0.1) is 39.6 Å². The fourth-order valence-corrected chi connectivity index (χ4v) is 11.0. The molecule has 36 heavy (non-hydrogen) atoms. The second-order valence-electron chi connectivity index (χ2n) is 8.26. The average molecular weight is 558 g/mol. The van der Waals surface area contributed by atoms with Crippen LogP contribution in [0.5, 0.6) is 0 Å². The van der Waals surface area contributed by atoms with Crippen LogP contribution in [-0.4, -0.2) is 68.1 Å². The molecular formula is C23H45NO10P2.